The lowest BCUT2D eigenvalue weighted by atomic mass is 10.3. The van der Waals surface area contributed by atoms with Crippen molar-refractivity contribution in [3.05, 3.63) is 36.0 Å². The number of carbonyl (C=O) groups is 1. The Morgan fingerprint density at radius 3 is 3.11 bits per heavy atom. The van der Waals surface area contributed by atoms with E-state index in [1.165, 1.54) is 4.68 Å². The van der Waals surface area contributed by atoms with Crippen LogP contribution in [0.2, 0.25) is 0 Å². The van der Waals surface area contributed by atoms with Gasteiger partial charge in [-0.2, -0.15) is 0 Å². The minimum atomic E-state index is -0.0550. The highest BCUT2D eigenvalue weighted by molar-refractivity contribution is 5.75. The molecule has 0 aliphatic heterocycles. The summed E-state index contributed by atoms with van der Waals surface area (Å²) in [6.45, 7) is 1.12. The lowest BCUT2D eigenvalue weighted by Crippen LogP contribution is -2.29. The molecule has 0 aliphatic carbocycles. The smallest absolute Gasteiger partial charge is 0.244 e. The molecule has 2 N–H and O–H groups in total. The molecule has 0 aromatic carbocycles. The molecule has 102 valence electrons. The van der Waals surface area contributed by atoms with Gasteiger partial charge in [0.25, 0.3) is 0 Å². The second-order valence-electron chi connectivity index (χ2n) is 4.28. The number of aromatic nitrogens is 3. The van der Waals surface area contributed by atoms with Gasteiger partial charge in [0.05, 0.1) is 18.5 Å². The molecule has 19 heavy (non-hydrogen) atoms. The zero-order chi connectivity index (χ0) is 13.7. The molecule has 2 heterocycles. The lowest BCUT2D eigenvalue weighted by molar-refractivity contribution is -0.131. The van der Waals surface area contributed by atoms with E-state index in [0.717, 1.165) is 11.5 Å². The molecule has 2 aromatic rings. The number of hydrogen-bond donors (Lipinski definition) is 1. The summed E-state index contributed by atoms with van der Waals surface area (Å²) in [5.41, 5.74) is 6.23. The molecule has 0 aliphatic rings. The first-order chi connectivity index (χ1) is 9.19. The van der Waals surface area contributed by atoms with Gasteiger partial charge in [-0.15, -0.1) is 5.10 Å². The molecular weight excluding hydrogens is 246 g/mol. The van der Waals surface area contributed by atoms with Crippen LogP contribution in [0.25, 0.3) is 0 Å². The van der Waals surface area contributed by atoms with Crippen LogP contribution in [0, 0.1) is 0 Å². The Morgan fingerprint density at radius 1 is 1.58 bits per heavy atom. The third-order valence-corrected chi connectivity index (χ3v) is 2.68. The average molecular weight is 263 g/mol. The van der Waals surface area contributed by atoms with Crippen LogP contribution in [0.3, 0.4) is 0 Å². The summed E-state index contributed by atoms with van der Waals surface area (Å²) in [5, 5.41) is 7.83. The monoisotopic (exact) mass is 263 g/mol. The van der Waals surface area contributed by atoms with Crippen LogP contribution in [-0.4, -0.2) is 39.4 Å². The first-order valence-corrected chi connectivity index (χ1v) is 6.04. The van der Waals surface area contributed by atoms with Gasteiger partial charge >= 0.3 is 0 Å². The van der Waals surface area contributed by atoms with E-state index in [1.807, 2.05) is 6.07 Å². The van der Waals surface area contributed by atoms with Crippen LogP contribution in [-0.2, 0) is 24.3 Å². The summed E-state index contributed by atoms with van der Waals surface area (Å²) in [6, 6.07) is 3.63. The number of nitrogens with two attached hydrogens (primary N) is 1. The average Bonchev–Trinajstić information content (AvgIpc) is 3.02. The molecule has 7 nitrogen and oxygen atoms in total. The minimum absolute atomic E-state index is 0.0550. The summed E-state index contributed by atoms with van der Waals surface area (Å²) >= 11 is 0. The predicted octanol–water partition coefficient (Wildman–Crippen LogP) is 0.0309. The first-order valence-electron chi connectivity index (χ1n) is 6.04. The normalized spacial score (nSPS) is 10.6. The van der Waals surface area contributed by atoms with E-state index in [9.17, 15) is 4.79 Å². The lowest BCUT2D eigenvalue weighted by Gasteiger charge is -2.15. The minimum Gasteiger partial charge on any atom is -0.467 e. The predicted molar refractivity (Wildman–Crippen MR) is 68.0 cm³/mol. The van der Waals surface area contributed by atoms with Crippen molar-refractivity contribution in [2.24, 2.45) is 5.73 Å². The zero-order valence-corrected chi connectivity index (χ0v) is 10.8. The van der Waals surface area contributed by atoms with E-state index in [0.29, 0.717) is 19.5 Å². The maximum absolute atomic E-state index is 12.0. The Labute approximate surface area is 111 Å². The van der Waals surface area contributed by atoms with E-state index in [4.69, 9.17) is 10.2 Å². The molecule has 0 atom stereocenters. The maximum Gasteiger partial charge on any atom is 0.244 e. The molecule has 2 aromatic heterocycles. The van der Waals surface area contributed by atoms with E-state index < -0.39 is 0 Å². The van der Waals surface area contributed by atoms with Crippen molar-refractivity contribution in [1.29, 1.82) is 0 Å². The van der Waals surface area contributed by atoms with E-state index in [-0.39, 0.29) is 12.5 Å². The summed E-state index contributed by atoms with van der Waals surface area (Å²) in [7, 11) is 1.72. The Bertz CT molecular complexity index is 520. The molecule has 0 saturated heterocycles. The van der Waals surface area contributed by atoms with Crippen molar-refractivity contribution < 1.29 is 9.21 Å². The molecule has 1 amide bonds. The topological polar surface area (TPSA) is 90.2 Å². The standard InChI is InChI=1S/C12H17N5O2/c1-16(8-11-3-2-6-19-11)12(18)9-17-7-10(4-5-13)14-15-17/h2-3,6-7H,4-5,8-9,13H2,1H3. The maximum atomic E-state index is 12.0. The van der Waals surface area contributed by atoms with Crippen molar-refractivity contribution in [2.45, 2.75) is 19.5 Å². The summed E-state index contributed by atoms with van der Waals surface area (Å²) in [4.78, 5) is 13.6. The Morgan fingerprint density at radius 2 is 2.42 bits per heavy atom. The summed E-state index contributed by atoms with van der Waals surface area (Å²) in [6.07, 6.45) is 3.99. The van der Waals surface area contributed by atoms with Crippen LogP contribution in [0.1, 0.15) is 11.5 Å². The number of carbonyl (C=O) groups excluding carboxylic acids is 1. The number of hydrogen-bond acceptors (Lipinski definition) is 5. The second-order valence-corrected chi connectivity index (χ2v) is 4.28. The van der Waals surface area contributed by atoms with Crippen molar-refractivity contribution >= 4 is 5.91 Å². The highest BCUT2D eigenvalue weighted by Crippen LogP contribution is 2.04. The van der Waals surface area contributed by atoms with E-state index in [2.05, 4.69) is 10.3 Å². The van der Waals surface area contributed by atoms with Gasteiger partial charge in [0.1, 0.15) is 12.3 Å². The Hall–Kier alpha value is -2.15. The van der Waals surface area contributed by atoms with Crippen LogP contribution in [0.5, 0.6) is 0 Å². The van der Waals surface area contributed by atoms with Gasteiger partial charge in [-0.3, -0.25) is 4.79 Å². The van der Waals surface area contributed by atoms with E-state index in [1.54, 1.807) is 30.5 Å². The molecule has 7 heteroatoms. The fraction of sp³-hybridized carbons (Fsp3) is 0.417. The second kappa shape index (κ2) is 6.14. The molecule has 0 radical (unpaired) electrons. The first kappa shape index (κ1) is 13.3. The number of nitrogens with zero attached hydrogens (tertiary/aromatic N) is 4. The van der Waals surface area contributed by atoms with Crippen molar-refractivity contribution in [3.63, 3.8) is 0 Å². The third-order valence-electron chi connectivity index (χ3n) is 2.68. The summed E-state index contributed by atoms with van der Waals surface area (Å²) in [5.74, 6) is 0.693. The van der Waals surface area contributed by atoms with Gasteiger partial charge in [0.2, 0.25) is 5.91 Å². The van der Waals surface area contributed by atoms with Crippen LogP contribution < -0.4 is 5.73 Å². The van der Waals surface area contributed by atoms with Gasteiger partial charge in [-0.05, 0) is 18.7 Å². The largest absolute Gasteiger partial charge is 0.467 e. The van der Waals surface area contributed by atoms with E-state index >= 15 is 0 Å². The van der Waals surface area contributed by atoms with Crippen molar-refractivity contribution in [3.8, 4) is 0 Å². The highest BCUT2D eigenvalue weighted by Gasteiger charge is 2.12. The van der Waals surface area contributed by atoms with Crippen LogP contribution in [0.15, 0.2) is 29.0 Å². The number of furan rings is 1. The van der Waals surface area contributed by atoms with Gasteiger partial charge in [-0.1, -0.05) is 5.21 Å². The van der Waals surface area contributed by atoms with Crippen molar-refractivity contribution in [1.82, 2.24) is 19.9 Å². The number of likely N-dealkylation sites (N-methyl/N-ethyl adjacent to an activating group) is 1. The Balaban J connectivity index is 1.88. The number of amides is 1. The van der Waals surface area contributed by atoms with Crippen LogP contribution in [0.4, 0.5) is 0 Å². The molecule has 2 rings (SSSR count). The van der Waals surface area contributed by atoms with Gasteiger partial charge < -0.3 is 15.1 Å². The molecule has 0 unspecified atom stereocenters. The van der Waals surface area contributed by atoms with Crippen LogP contribution >= 0.6 is 0 Å². The third kappa shape index (κ3) is 3.65. The molecular formula is C12H17N5O2. The molecule has 0 saturated carbocycles. The highest BCUT2D eigenvalue weighted by atomic mass is 16.3. The Kier molecular flexibility index (Phi) is 4.30. The SMILES string of the molecule is CN(Cc1ccco1)C(=O)Cn1cc(CCN)nn1. The fourth-order valence-corrected chi connectivity index (χ4v) is 1.66. The van der Waals surface area contributed by atoms with Gasteiger partial charge in [0.15, 0.2) is 0 Å². The molecule has 0 fully saturated rings. The number of rotatable bonds is 6. The van der Waals surface area contributed by atoms with Gasteiger partial charge in [0, 0.05) is 19.7 Å². The summed E-state index contributed by atoms with van der Waals surface area (Å²) < 4.78 is 6.72. The fourth-order valence-electron chi connectivity index (χ4n) is 1.66. The quantitative estimate of drug-likeness (QED) is 0.794. The van der Waals surface area contributed by atoms with Crippen molar-refractivity contribution in [2.75, 3.05) is 13.6 Å². The molecule has 0 bridgehead atoms. The zero-order valence-electron chi connectivity index (χ0n) is 10.8. The molecule has 0 spiro atoms. The van der Waals surface area contributed by atoms with Gasteiger partial charge in [-0.25, -0.2) is 4.68 Å².